The van der Waals surface area contributed by atoms with E-state index in [1.54, 1.807) is 0 Å². The Morgan fingerprint density at radius 3 is 1.89 bits per heavy atom. The van der Waals surface area contributed by atoms with Gasteiger partial charge in [-0.25, -0.2) is 0 Å². The highest BCUT2D eigenvalue weighted by Gasteiger charge is 2.41. The Morgan fingerprint density at radius 1 is 0.606 bits per heavy atom. The van der Waals surface area contributed by atoms with Crippen LogP contribution in [0.15, 0.2) is 203 Å². The molecule has 2 heterocycles. The van der Waals surface area contributed by atoms with Crippen molar-refractivity contribution < 1.29 is 8.83 Å². The highest BCUT2D eigenvalue weighted by atomic mass is 16.3. The van der Waals surface area contributed by atoms with Gasteiger partial charge in [-0.3, -0.25) is 0 Å². The number of allylic oxidation sites excluding steroid dienone is 7. The fraction of sp³-hybridized carbons (Fsp3) is 0.125. The van der Waals surface area contributed by atoms with Crippen LogP contribution in [0.2, 0.25) is 0 Å². The summed E-state index contributed by atoms with van der Waals surface area (Å²) in [6, 6.07) is 55.6. The Morgan fingerprint density at radius 2 is 1.21 bits per heavy atom. The van der Waals surface area contributed by atoms with Gasteiger partial charge >= 0.3 is 0 Å². The van der Waals surface area contributed by atoms with Crippen LogP contribution in [0.5, 0.6) is 0 Å². The van der Waals surface area contributed by atoms with Gasteiger partial charge in [-0.05, 0) is 136 Å². The van der Waals surface area contributed by atoms with Gasteiger partial charge in [0.1, 0.15) is 22.2 Å². The first-order chi connectivity index (χ1) is 32.5. The zero-order chi connectivity index (χ0) is 44.0. The second kappa shape index (κ2) is 15.2. The molecule has 0 aliphatic heterocycles. The van der Waals surface area contributed by atoms with Crippen molar-refractivity contribution >= 4 is 66.1 Å². The standard InChI is InChI=1S/C64H48O2/c1-4-16-39(5-2)47-32-53-59-55-34-45(42-27-25-38(3)26-28-42)30-51(43-21-13-8-14-22-43)63(55)65-58-37-48(41-19-11-7-12-20-41)33-54(62(58)59)60-56-35-46(40-17-9-6-10-18-40)31-52(49-24-15-23-44-29-50(44)49)64(56)66-57(36-47)61(53)60/h4,6-28,30-31,33-37,44,47,50H,1,5,29,32H2,2-3H3/b39-16+. The zero-order valence-corrected chi connectivity index (χ0v) is 37.3. The zero-order valence-electron chi connectivity index (χ0n) is 37.3. The minimum Gasteiger partial charge on any atom is -0.456 e. The lowest BCUT2D eigenvalue weighted by Crippen LogP contribution is -2.19. The van der Waals surface area contributed by atoms with Crippen LogP contribution in [-0.4, -0.2) is 0 Å². The molecule has 0 spiro atoms. The molecule has 0 bridgehead atoms. The minimum absolute atomic E-state index is 0.113. The topological polar surface area (TPSA) is 26.3 Å². The van der Waals surface area contributed by atoms with Crippen LogP contribution in [0.3, 0.4) is 0 Å². The van der Waals surface area contributed by atoms with Crippen molar-refractivity contribution in [1.82, 2.24) is 0 Å². The predicted molar refractivity (Wildman–Crippen MR) is 278 cm³/mol. The lowest BCUT2D eigenvalue weighted by atomic mass is 9.78. The van der Waals surface area contributed by atoms with E-state index in [1.165, 1.54) is 72.5 Å². The number of aryl methyl sites for hydroxylation is 1. The molecule has 1 saturated carbocycles. The van der Waals surface area contributed by atoms with Gasteiger partial charge in [0.05, 0.1) is 0 Å². The van der Waals surface area contributed by atoms with E-state index in [0.29, 0.717) is 11.8 Å². The normalized spacial score (nSPS) is 17.6. The molecule has 3 aliphatic rings. The van der Waals surface area contributed by atoms with Crippen molar-refractivity contribution in [3.8, 4) is 44.5 Å². The van der Waals surface area contributed by atoms with Crippen molar-refractivity contribution in [3.63, 3.8) is 0 Å². The van der Waals surface area contributed by atoms with Crippen molar-refractivity contribution in [2.75, 3.05) is 0 Å². The molecular weight excluding hydrogens is 801 g/mol. The van der Waals surface area contributed by atoms with E-state index in [2.05, 4.69) is 202 Å². The van der Waals surface area contributed by atoms with E-state index in [-0.39, 0.29) is 5.92 Å². The van der Waals surface area contributed by atoms with Crippen LogP contribution in [-0.2, 0) is 6.42 Å². The van der Waals surface area contributed by atoms with Crippen molar-refractivity contribution in [3.05, 3.63) is 216 Å². The maximum Gasteiger partial charge on any atom is 0.143 e. The van der Waals surface area contributed by atoms with Crippen LogP contribution in [0.4, 0.5) is 0 Å². The molecule has 0 N–H and O–H groups in total. The SMILES string of the molecule is C=C/C=C(\CC)C1C=c2oc3c(C4=CC=CC5CC45)cc(-c4ccccc4)cc3c3c2c(c2c4cc(-c5ccc(C)cc5)cc(-c5ccccc5)c4oc4cc(-c5ccccc5)cc3c42)C1. The van der Waals surface area contributed by atoms with Crippen LogP contribution < -0.4 is 5.42 Å². The van der Waals surface area contributed by atoms with Gasteiger partial charge in [-0.1, -0.05) is 170 Å². The van der Waals surface area contributed by atoms with E-state index in [1.807, 2.05) is 6.08 Å². The minimum atomic E-state index is 0.113. The molecule has 0 saturated heterocycles. The van der Waals surface area contributed by atoms with Crippen molar-refractivity contribution in [1.29, 1.82) is 0 Å². The molecule has 2 heteroatoms. The lowest BCUT2D eigenvalue weighted by Gasteiger charge is -2.27. The van der Waals surface area contributed by atoms with Crippen LogP contribution in [0.25, 0.3) is 111 Å². The molecule has 2 nitrogen and oxygen atoms in total. The third-order valence-electron chi connectivity index (χ3n) is 14.7. The number of rotatable bonds is 8. The van der Waals surface area contributed by atoms with Gasteiger partial charge in [-0.15, -0.1) is 0 Å². The van der Waals surface area contributed by atoms with Crippen molar-refractivity contribution in [2.45, 2.75) is 33.1 Å². The van der Waals surface area contributed by atoms with E-state index in [0.717, 1.165) is 79.0 Å². The fourth-order valence-corrected chi connectivity index (χ4v) is 11.4. The molecule has 8 aromatic carbocycles. The molecule has 2 aromatic heterocycles. The highest BCUT2D eigenvalue weighted by Crippen LogP contribution is 2.54. The Bertz CT molecular complexity index is 3800. The van der Waals surface area contributed by atoms with E-state index in [4.69, 9.17) is 8.83 Å². The molecular formula is C64H48O2. The summed E-state index contributed by atoms with van der Waals surface area (Å²) < 4.78 is 15.1. The first-order valence-corrected chi connectivity index (χ1v) is 23.6. The smallest absolute Gasteiger partial charge is 0.143 e. The third kappa shape index (κ3) is 6.16. The predicted octanol–water partition coefficient (Wildman–Crippen LogP) is 17.0. The van der Waals surface area contributed by atoms with Crippen LogP contribution in [0, 0.1) is 24.7 Å². The lowest BCUT2D eigenvalue weighted by molar-refractivity contribution is 0.561. The molecule has 10 aromatic rings. The molecule has 13 rings (SSSR count). The summed E-state index contributed by atoms with van der Waals surface area (Å²) in [5.41, 5.74) is 19.3. The second-order valence-electron chi connectivity index (χ2n) is 18.7. The Balaban J connectivity index is 1.27. The molecule has 3 aliphatic carbocycles. The van der Waals surface area contributed by atoms with Crippen LogP contribution in [0.1, 0.15) is 36.5 Å². The summed E-state index contributed by atoms with van der Waals surface area (Å²) in [6.45, 7) is 8.59. The summed E-state index contributed by atoms with van der Waals surface area (Å²) in [6.07, 6.45) is 16.5. The summed E-state index contributed by atoms with van der Waals surface area (Å²) >= 11 is 0. The molecule has 316 valence electrons. The summed E-state index contributed by atoms with van der Waals surface area (Å²) in [5, 5.41) is 8.24. The maximum absolute atomic E-state index is 7.59. The van der Waals surface area contributed by atoms with Gasteiger partial charge in [-0.2, -0.15) is 0 Å². The van der Waals surface area contributed by atoms with Gasteiger partial charge in [0, 0.05) is 49.4 Å². The number of hydrogen-bond donors (Lipinski definition) is 0. The Kier molecular flexibility index (Phi) is 8.93. The second-order valence-corrected chi connectivity index (χ2v) is 18.7. The average Bonchev–Trinajstić information content (AvgIpc) is 4.17. The van der Waals surface area contributed by atoms with Crippen LogP contribution >= 0.6 is 0 Å². The number of benzene rings is 8. The molecule has 0 amide bonds. The van der Waals surface area contributed by atoms with E-state index >= 15 is 0 Å². The van der Waals surface area contributed by atoms with Gasteiger partial charge in [0.15, 0.2) is 0 Å². The maximum atomic E-state index is 7.59. The first-order valence-electron chi connectivity index (χ1n) is 23.6. The van der Waals surface area contributed by atoms with Gasteiger partial charge in [0.25, 0.3) is 0 Å². The molecule has 3 unspecified atom stereocenters. The number of hydrogen-bond acceptors (Lipinski definition) is 2. The molecule has 1 fully saturated rings. The average molecular weight is 849 g/mol. The third-order valence-corrected chi connectivity index (χ3v) is 14.7. The first kappa shape index (κ1) is 38.8. The fourth-order valence-electron chi connectivity index (χ4n) is 11.4. The molecule has 66 heavy (non-hydrogen) atoms. The highest BCUT2D eigenvalue weighted by molar-refractivity contribution is 6.33. The molecule has 3 atom stereocenters. The monoisotopic (exact) mass is 848 g/mol. The van der Waals surface area contributed by atoms with E-state index < -0.39 is 0 Å². The molecule has 0 radical (unpaired) electrons. The van der Waals surface area contributed by atoms with Gasteiger partial charge < -0.3 is 8.83 Å². The summed E-state index contributed by atoms with van der Waals surface area (Å²) in [7, 11) is 0. The number of fused-ring (bicyclic) bond motifs is 7. The summed E-state index contributed by atoms with van der Waals surface area (Å²) in [4.78, 5) is 0. The Hall–Kier alpha value is -7.68. The quantitative estimate of drug-likeness (QED) is 0.0865. The van der Waals surface area contributed by atoms with E-state index in [9.17, 15) is 0 Å². The Labute approximate surface area is 384 Å². The van der Waals surface area contributed by atoms with Crippen molar-refractivity contribution in [2.24, 2.45) is 17.8 Å². The van der Waals surface area contributed by atoms with Gasteiger partial charge in [0.2, 0.25) is 0 Å². The largest absolute Gasteiger partial charge is 0.456 e. The summed E-state index contributed by atoms with van der Waals surface area (Å²) in [5.74, 6) is 1.19.